The van der Waals surface area contributed by atoms with E-state index in [1.165, 1.54) is 0 Å². The lowest BCUT2D eigenvalue weighted by atomic mass is 9.83. The summed E-state index contributed by atoms with van der Waals surface area (Å²) in [5.74, 6) is 1.02. The van der Waals surface area contributed by atoms with Crippen LogP contribution in [0.3, 0.4) is 0 Å². The summed E-state index contributed by atoms with van der Waals surface area (Å²) in [7, 11) is 3.11. The standard InChI is InChI=1S/C35H42BrN3O8/c1-34(2,3)47-29(41)18-19-35(33(42)39-37-22-25-8-6-9-28(43-4)30(25)44-5)31(23-10-14-26(36)15-11-23)46-32(38-35)24-12-16-27(17-13-24)45-21-7-20-40/h6,8-17,31,37,40H,7,18-22H2,1-5H3,(H,39,42)/t31-,35-/m0/s1. The molecule has 0 aliphatic carbocycles. The summed E-state index contributed by atoms with van der Waals surface area (Å²) in [6.45, 7) is 6.01. The van der Waals surface area contributed by atoms with Crippen LogP contribution in [0.2, 0.25) is 0 Å². The Kier molecular flexibility index (Phi) is 12.3. The summed E-state index contributed by atoms with van der Waals surface area (Å²) in [4.78, 5) is 32.3. The number of nitrogens with one attached hydrogen (secondary N) is 2. The van der Waals surface area contributed by atoms with E-state index in [2.05, 4.69) is 26.8 Å². The van der Waals surface area contributed by atoms with E-state index in [9.17, 15) is 9.59 Å². The number of aliphatic hydroxyl groups is 1. The van der Waals surface area contributed by atoms with Crippen molar-refractivity contribution in [2.75, 3.05) is 27.4 Å². The predicted octanol–water partition coefficient (Wildman–Crippen LogP) is 5.43. The van der Waals surface area contributed by atoms with E-state index in [-0.39, 0.29) is 31.9 Å². The molecule has 252 valence electrons. The van der Waals surface area contributed by atoms with Gasteiger partial charge in [0.25, 0.3) is 5.91 Å². The molecule has 0 spiro atoms. The van der Waals surface area contributed by atoms with Gasteiger partial charge in [-0.05, 0) is 75.2 Å². The van der Waals surface area contributed by atoms with Crippen LogP contribution < -0.4 is 25.1 Å². The van der Waals surface area contributed by atoms with Gasteiger partial charge in [-0.3, -0.25) is 15.0 Å². The molecular weight excluding hydrogens is 670 g/mol. The fraction of sp³-hybridized carbons (Fsp3) is 0.400. The van der Waals surface area contributed by atoms with Crippen LogP contribution in [-0.2, 0) is 25.6 Å². The van der Waals surface area contributed by atoms with Crippen molar-refractivity contribution in [1.82, 2.24) is 10.9 Å². The second-order valence-corrected chi connectivity index (χ2v) is 12.8. The van der Waals surface area contributed by atoms with E-state index in [4.69, 9.17) is 33.8 Å². The number of ether oxygens (including phenoxy) is 5. The number of amides is 1. The molecule has 0 bridgehead atoms. The number of methoxy groups -OCH3 is 2. The summed E-state index contributed by atoms with van der Waals surface area (Å²) >= 11 is 3.48. The van der Waals surface area contributed by atoms with Gasteiger partial charge < -0.3 is 28.8 Å². The van der Waals surface area contributed by atoms with Gasteiger partial charge in [0.05, 0.1) is 20.8 Å². The number of aliphatic hydroxyl groups excluding tert-OH is 1. The lowest BCUT2D eigenvalue weighted by molar-refractivity contribution is -0.155. The minimum absolute atomic E-state index is 0.00446. The molecule has 4 rings (SSSR count). The molecule has 3 aromatic rings. The van der Waals surface area contributed by atoms with Gasteiger partial charge in [0.1, 0.15) is 11.4 Å². The van der Waals surface area contributed by atoms with Crippen molar-refractivity contribution < 1.29 is 38.4 Å². The van der Waals surface area contributed by atoms with Crippen LogP contribution in [0.25, 0.3) is 0 Å². The Balaban J connectivity index is 1.69. The Bertz CT molecular complexity index is 1540. The van der Waals surface area contributed by atoms with Crippen LogP contribution in [0.4, 0.5) is 0 Å². The van der Waals surface area contributed by atoms with Crippen molar-refractivity contribution in [1.29, 1.82) is 0 Å². The Morgan fingerprint density at radius 1 is 1.02 bits per heavy atom. The van der Waals surface area contributed by atoms with E-state index in [0.717, 1.165) is 10.0 Å². The number of esters is 1. The molecule has 0 radical (unpaired) electrons. The number of hydrazine groups is 1. The first-order chi connectivity index (χ1) is 22.5. The molecule has 1 aliphatic heterocycles. The summed E-state index contributed by atoms with van der Waals surface area (Å²) in [6.07, 6.45) is -0.439. The zero-order chi connectivity index (χ0) is 34.0. The Morgan fingerprint density at radius 3 is 2.38 bits per heavy atom. The molecule has 0 saturated heterocycles. The van der Waals surface area contributed by atoms with Gasteiger partial charge in [-0.2, -0.15) is 0 Å². The van der Waals surface area contributed by atoms with Gasteiger partial charge in [-0.15, -0.1) is 0 Å². The van der Waals surface area contributed by atoms with Crippen LogP contribution in [0.1, 0.15) is 62.8 Å². The zero-order valence-electron chi connectivity index (χ0n) is 27.3. The number of halogens is 1. The maximum Gasteiger partial charge on any atom is 0.306 e. The molecule has 11 nitrogen and oxygen atoms in total. The largest absolute Gasteiger partial charge is 0.494 e. The quantitative estimate of drug-likeness (QED) is 0.107. The van der Waals surface area contributed by atoms with Crippen LogP contribution in [0.5, 0.6) is 17.2 Å². The van der Waals surface area contributed by atoms with Gasteiger partial charge >= 0.3 is 5.97 Å². The highest BCUT2D eigenvalue weighted by molar-refractivity contribution is 9.10. The summed E-state index contributed by atoms with van der Waals surface area (Å²) in [5.41, 5.74) is 5.66. The zero-order valence-corrected chi connectivity index (χ0v) is 28.9. The minimum atomic E-state index is -1.55. The lowest BCUT2D eigenvalue weighted by Gasteiger charge is -2.31. The third-order valence-corrected chi connectivity index (χ3v) is 7.83. The molecule has 1 aliphatic rings. The number of benzene rings is 3. The molecule has 1 heterocycles. The fourth-order valence-corrected chi connectivity index (χ4v) is 5.38. The summed E-state index contributed by atoms with van der Waals surface area (Å²) in [6, 6.07) is 20.0. The highest BCUT2D eigenvalue weighted by atomic mass is 79.9. The number of hydrogen-bond acceptors (Lipinski definition) is 10. The second kappa shape index (κ2) is 16.1. The first-order valence-electron chi connectivity index (χ1n) is 15.3. The number of rotatable bonds is 15. The highest BCUT2D eigenvalue weighted by Gasteiger charge is 2.53. The third-order valence-electron chi connectivity index (χ3n) is 7.30. The van der Waals surface area contributed by atoms with Crippen LogP contribution in [-0.4, -0.2) is 61.5 Å². The van der Waals surface area contributed by atoms with Crippen molar-refractivity contribution in [3.8, 4) is 17.2 Å². The SMILES string of the molecule is COc1cccc(CNNC(=O)[C@@]2(CCC(=O)OC(C)(C)C)N=C(c3ccc(OCCCO)cc3)O[C@H]2c2ccc(Br)cc2)c1OC. The first-order valence-corrected chi connectivity index (χ1v) is 16.1. The number of hydrogen-bond donors (Lipinski definition) is 3. The molecule has 0 unspecified atom stereocenters. The smallest absolute Gasteiger partial charge is 0.306 e. The van der Waals surface area contributed by atoms with E-state index in [0.29, 0.717) is 41.4 Å². The molecule has 47 heavy (non-hydrogen) atoms. The molecule has 0 aromatic heterocycles. The molecule has 3 aromatic carbocycles. The van der Waals surface area contributed by atoms with Gasteiger partial charge in [0, 0.05) is 41.6 Å². The number of carbonyl (C=O) groups is 2. The van der Waals surface area contributed by atoms with Gasteiger partial charge in [-0.1, -0.05) is 40.2 Å². The minimum Gasteiger partial charge on any atom is -0.494 e. The predicted molar refractivity (Wildman–Crippen MR) is 180 cm³/mol. The van der Waals surface area contributed by atoms with E-state index in [1.807, 2.05) is 36.4 Å². The molecule has 0 saturated carbocycles. The van der Waals surface area contributed by atoms with E-state index in [1.54, 1.807) is 65.3 Å². The van der Waals surface area contributed by atoms with Crippen molar-refractivity contribution in [3.63, 3.8) is 0 Å². The Morgan fingerprint density at radius 2 is 1.74 bits per heavy atom. The number of aliphatic imine (C=N–C) groups is 1. The van der Waals surface area contributed by atoms with Crippen LogP contribution in [0, 0.1) is 0 Å². The first kappa shape index (κ1) is 35.7. The van der Waals surface area contributed by atoms with Crippen molar-refractivity contribution in [2.24, 2.45) is 4.99 Å². The number of nitrogens with zero attached hydrogens (tertiary/aromatic N) is 1. The Labute approximate surface area is 283 Å². The van der Waals surface area contributed by atoms with E-state index < -0.39 is 29.1 Å². The second-order valence-electron chi connectivity index (χ2n) is 11.9. The monoisotopic (exact) mass is 711 g/mol. The number of para-hydroxylation sites is 1. The summed E-state index contributed by atoms with van der Waals surface area (Å²) in [5, 5.41) is 9.06. The maximum absolute atomic E-state index is 14.3. The van der Waals surface area contributed by atoms with Crippen molar-refractivity contribution in [2.45, 2.75) is 63.8 Å². The highest BCUT2D eigenvalue weighted by Crippen LogP contribution is 2.43. The maximum atomic E-state index is 14.3. The van der Waals surface area contributed by atoms with Crippen LogP contribution >= 0.6 is 15.9 Å². The molecule has 2 atom stereocenters. The third kappa shape index (κ3) is 9.24. The van der Waals surface area contributed by atoms with Crippen LogP contribution in [0.15, 0.2) is 76.2 Å². The van der Waals surface area contributed by atoms with E-state index >= 15 is 0 Å². The Hall–Kier alpha value is -4.13. The van der Waals surface area contributed by atoms with Gasteiger partial charge in [-0.25, -0.2) is 10.4 Å². The summed E-state index contributed by atoms with van der Waals surface area (Å²) < 4.78 is 29.6. The van der Waals surface area contributed by atoms with Gasteiger partial charge in [0.2, 0.25) is 5.90 Å². The molecule has 3 N–H and O–H groups in total. The normalized spacial score (nSPS) is 17.3. The topological polar surface area (TPSA) is 137 Å². The average molecular weight is 713 g/mol. The van der Waals surface area contributed by atoms with Crippen molar-refractivity contribution in [3.05, 3.63) is 87.9 Å². The average Bonchev–Trinajstić information content (AvgIpc) is 3.44. The van der Waals surface area contributed by atoms with Crippen molar-refractivity contribution >= 4 is 33.7 Å². The molecule has 1 amide bonds. The molecule has 0 fully saturated rings. The van der Waals surface area contributed by atoms with Gasteiger partial charge in [0.15, 0.2) is 23.1 Å². The number of carbonyl (C=O) groups excluding carboxylic acids is 2. The lowest BCUT2D eigenvalue weighted by Crippen LogP contribution is -2.52. The molecular formula is C35H42BrN3O8. The fourth-order valence-electron chi connectivity index (χ4n) is 5.11. The molecule has 12 heteroatoms.